The molecular weight excluding hydrogens is 298 g/mol. The number of Topliss-reactive ketones (excluding diaryl/α,β-unsaturated/α-hetero) is 1. The van der Waals surface area contributed by atoms with E-state index in [9.17, 15) is 4.79 Å². The molecule has 0 bridgehead atoms. The summed E-state index contributed by atoms with van der Waals surface area (Å²) in [4.78, 5) is 14.5. The van der Waals surface area contributed by atoms with E-state index in [1.807, 2.05) is 24.3 Å². The van der Waals surface area contributed by atoms with Crippen LogP contribution >= 0.6 is 0 Å². The van der Waals surface area contributed by atoms with E-state index in [0.29, 0.717) is 5.78 Å². The lowest BCUT2D eigenvalue weighted by Gasteiger charge is -2.34. The molecule has 2 atom stereocenters. The van der Waals surface area contributed by atoms with Crippen LogP contribution in [0, 0.1) is 17.8 Å². The van der Waals surface area contributed by atoms with Gasteiger partial charge in [-0.25, -0.2) is 0 Å². The quantitative estimate of drug-likeness (QED) is 0.537. The average Bonchev–Trinajstić information content (AvgIpc) is 3.35. The first-order valence-corrected chi connectivity index (χ1v) is 9.11. The zero-order chi connectivity index (χ0) is 16.2. The van der Waals surface area contributed by atoms with Gasteiger partial charge in [-0.05, 0) is 61.8 Å². The highest BCUT2D eigenvalue weighted by atomic mass is 16.5. The molecule has 0 radical (unpaired) electrons. The highest BCUT2D eigenvalue weighted by Crippen LogP contribution is 2.32. The molecule has 1 aromatic rings. The van der Waals surface area contributed by atoms with Gasteiger partial charge in [-0.2, -0.15) is 0 Å². The minimum absolute atomic E-state index is 0. The molecule has 0 aromatic heterocycles. The zero-order valence-corrected chi connectivity index (χ0v) is 14.5. The third kappa shape index (κ3) is 5.34. The predicted octanol–water partition coefficient (Wildman–Crippen LogP) is 4.66. The Kier molecular flexibility index (Phi) is 6.85. The maximum atomic E-state index is 12.0. The summed E-state index contributed by atoms with van der Waals surface area (Å²) in [7, 11) is 0. The molecule has 24 heavy (non-hydrogen) atoms. The summed E-state index contributed by atoms with van der Waals surface area (Å²) < 4.78 is 5.82. The molecule has 0 N–H and O–H groups in total. The normalized spacial score (nSPS) is 24.2. The van der Waals surface area contributed by atoms with Crippen molar-refractivity contribution in [2.75, 3.05) is 26.2 Å². The minimum atomic E-state index is 0. The Bertz CT molecular complexity index is 511. The maximum absolute atomic E-state index is 12.0. The molecule has 0 spiro atoms. The molecule has 3 rings (SSSR count). The van der Waals surface area contributed by atoms with Crippen LogP contribution in [0.1, 0.15) is 57.3 Å². The minimum Gasteiger partial charge on any atom is -0.494 e. The van der Waals surface area contributed by atoms with Gasteiger partial charge in [0.1, 0.15) is 5.75 Å². The largest absolute Gasteiger partial charge is 0.494 e. The Labute approximate surface area is 147 Å². The van der Waals surface area contributed by atoms with Gasteiger partial charge >= 0.3 is 0 Å². The summed E-state index contributed by atoms with van der Waals surface area (Å²) in [6.07, 6.45) is 4.54. The lowest BCUT2D eigenvalue weighted by molar-refractivity contribution is 0.0967. The van der Waals surface area contributed by atoms with Gasteiger partial charge in [0.2, 0.25) is 0 Å². The molecule has 1 aromatic carbocycles. The van der Waals surface area contributed by atoms with Crippen LogP contribution in [0.2, 0.25) is 0 Å². The average molecular weight is 332 g/mol. The number of ether oxygens (including phenoxy) is 1. The third-order valence-corrected chi connectivity index (χ3v) is 4.92. The smallest absolute Gasteiger partial charge is 0.165 e. The van der Waals surface area contributed by atoms with E-state index in [4.69, 9.17) is 4.74 Å². The predicted molar refractivity (Wildman–Crippen MR) is 99.7 cm³/mol. The van der Waals surface area contributed by atoms with Crippen molar-refractivity contribution in [1.82, 2.24) is 4.90 Å². The van der Waals surface area contributed by atoms with Crippen molar-refractivity contribution in [3.05, 3.63) is 29.8 Å². The fraction of sp³-hybridized carbons (Fsp3) is 0.667. The second-order valence-electron chi connectivity index (χ2n) is 7.57. The highest BCUT2D eigenvalue weighted by Gasteiger charge is 2.30. The van der Waals surface area contributed by atoms with Crippen molar-refractivity contribution in [2.45, 2.75) is 47.0 Å². The summed E-state index contributed by atoms with van der Waals surface area (Å²) in [6.45, 7) is 9.01. The molecule has 1 aliphatic carbocycles. The lowest BCUT2D eigenvalue weighted by Crippen LogP contribution is -2.39. The van der Waals surface area contributed by atoms with Gasteiger partial charge in [0.15, 0.2) is 5.78 Å². The number of carbonyl (C=O) groups excluding carboxylic acids is 1. The van der Waals surface area contributed by atoms with Gasteiger partial charge < -0.3 is 9.64 Å². The monoisotopic (exact) mass is 331 g/mol. The van der Waals surface area contributed by atoms with E-state index in [1.54, 1.807) is 0 Å². The van der Waals surface area contributed by atoms with Crippen LogP contribution in [0.15, 0.2) is 24.3 Å². The van der Waals surface area contributed by atoms with E-state index in [0.717, 1.165) is 55.6 Å². The summed E-state index contributed by atoms with van der Waals surface area (Å²) in [5, 5.41) is 0. The van der Waals surface area contributed by atoms with Gasteiger partial charge in [0.25, 0.3) is 0 Å². The van der Waals surface area contributed by atoms with Crippen LogP contribution in [0.4, 0.5) is 0 Å². The Morgan fingerprint density at radius 2 is 1.75 bits per heavy atom. The third-order valence-electron chi connectivity index (χ3n) is 4.92. The Morgan fingerprint density at radius 3 is 2.33 bits per heavy atom. The number of likely N-dealkylation sites (tertiary alicyclic amines) is 1. The number of piperidine rings is 1. The number of benzene rings is 1. The Morgan fingerprint density at radius 1 is 1.12 bits per heavy atom. The van der Waals surface area contributed by atoms with E-state index in [2.05, 4.69) is 18.7 Å². The number of hydrogen-bond acceptors (Lipinski definition) is 3. The van der Waals surface area contributed by atoms with Gasteiger partial charge in [-0.1, -0.05) is 21.3 Å². The number of hydrogen-bond donors (Lipinski definition) is 0. The van der Waals surface area contributed by atoms with E-state index in [1.165, 1.54) is 19.5 Å². The molecular formula is C21H33NO2. The van der Waals surface area contributed by atoms with Crippen molar-refractivity contribution >= 4 is 5.78 Å². The Balaban J connectivity index is 0.00000208. The van der Waals surface area contributed by atoms with Crippen molar-refractivity contribution in [3.63, 3.8) is 0 Å². The van der Waals surface area contributed by atoms with Gasteiger partial charge in [0, 0.05) is 31.1 Å². The molecule has 2 aliphatic rings. The topological polar surface area (TPSA) is 29.5 Å². The number of carbonyl (C=O) groups is 1. The fourth-order valence-corrected chi connectivity index (χ4v) is 3.75. The van der Waals surface area contributed by atoms with Crippen LogP contribution in [0.25, 0.3) is 0 Å². The molecule has 1 heterocycles. The van der Waals surface area contributed by atoms with Gasteiger partial charge in [-0.15, -0.1) is 0 Å². The SMILES string of the molecule is C.CC1CC(C)CN(CCCOc2ccc(C(=O)C3CC3)cc2)C1. The summed E-state index contributed by atoms with van der Waals surface area (Å²) in [6, 6.07) is 7.68. The van der Waals surface area contributed by atoms with Crippen molar-refractivity contribution in [2.24, 2.45) is 17.8 Å². The van der Waals surface area contributed by atoms with Crippen LogP contribution in [0.5, 0.6) is 5.75 Å². The molecule has 134 valence electrons. The van der Waals surface area contributed by atoms with Crippen molar-refractivity contribution in [1.29, 1.82) is 0 Å². The summed E-state index contributed by atoms with van der Waals surface area (Å²) >= 11 is 0. The highest BCUT2D eigenvalue weighted by molar-refractivity contribution is 5.99. The second-order valence-corrected chi connectivity index (χ2v) is 7.57. The Hall–Kier alpha value is -1.35. The maximum Gasteiger partial charge on any atom is 0.165 e. The summed E-state index contributed by atoms with van der Waals surface area (Å²) in [5.74, 6) is 3.09. The van der Waals surface area contributed by atoms with E-state index < -0.39 is 0 Å². The first kappa shape index (κ1) is 19.0. The summed E-state index contributed by atoms with van der Waals surface area (Å²) in [5.41, 5.74) is 0.830. The van der Waals surface area contributed by atoms with E-state index in [-0.39, 0.29) is 13.3 Å². The van der Waals surface area contributed by atoms with Crippen molar-refractivity contribution in [3.8, 4) is 5.75 Å². The van der Waals surface area contributed by atoms with Crippen LogP contribution in [-0.2, 0) is 0 Å². The van der Waals surface area contributed by atoms with Gasteiger partial charge in [-0.3, -0.25) is 4.79 Å². The van der Waals surface area contributed by atoms with E-state index >= 15 is 0 Å². The molecule has 3 nitrogen and oxygen atoms in total. The first-order chi connectivity index (χ1) is 11.1. The zero-order valence-electron chi connectivity index (χ0n) is 14.5. The molecule has 2 fully saturated rings. The van der Waals surface area contributed by atoms with Crippen LogP contribution < -0.4 is 4.74 Å². The molecule has 1 aliphatic heterocycles. The molecule has 2 unspecified atom stereocenters. The van der Waals surface area contributed by atoms with Crippen molar-refractivity contribution < 1.29 is 9.53 Å². The first-order valence-electron chi connectivity index (χ1n) is 9.11. The molecule has 1 saturated carbocycles. The van der Waals surface area contributed by atoms with Gasteiger partial charge in [0.05, 0.1) is 6.61 Å². The fourth-order valence-electron chi connectivity index (χ4n) is 3.75. The number of rotatable bonds is 7. The van der Waals surface area contributed by atoms with Crippen LogP contribution in [0.3, 0.4) is 0 Å². The lowest BCUT2D eigenvalue weighted by atomic mass is 9.92. The molecule has 3 heteroatoms. The van der Waals surface area contributed by atoms with Crippen LogP contribution in [-0.4, -0.2) is 36.9 Å². The number of nitrogens with zero attached hydrogens (tertiary/aromatic N) is 1. The molecule has 0 amide bonds. The standard InChI is InChI=1S/C20H29NO2.CH4/c1-15-12-16(2)14-21(13-15)10-3-11-23-19-8-6-18(7-9-19)20(22)17-4-5-17;/h6-9,15-17H,3-5,10-14H2,1-2H3;1H4. The molecule has 1 saturated heterocycles. The number of ketones is 1. The second kappa shape index (κ2) is 8.66.